The number of nitrogens with one attached hydrogen (secondary N) is 1. The summed E-state index contributed by atoms with van der Waals surface area (Å²) in [5.41, 5.74) is 0. The van der Waals surface area contributed by atoms with Gasteiger partial charge in [-0.05, 0) is 20.3 Å². The Labute approximate surface area is 238 Å². The van der Waals surface area contributed by atoms with Crippen molar-refractivity contribution in [3.05, 3.63) is 0 Å². The molecule has 0 aromatic carbocycles. The molecule has 0 aromatic heterocycles. The average molecular weight is 592 g/mol. The van der Waals surface area contributed by atoms with Crippen LogP contribution in [0.5, 0.6) is 0 Å². The van der Waals surface area contributed by atoms with Gasteiger partial charge in [-0.3, -0.25) is 19.2 Å². The molecule has 15 nitrogen and oxygen atoms in total. The molecule has 3 heterocycles. The second kappa shape index (κ2) is 14.2. The fourth-order valence-corrected chi connectivity index (χ4v) is 4.98. The molecule has 0 unspecified atom stereocenters. The maximum Gasteiger partial charge on any atom is 0.303 e. The first-order chi connectivity index (χ1) is 19.2. The van der Waals surface area contributed by atoms with Gasteiger partial charge in [0, 0.05) is 34.3 Å². The first-order valence-electron chi connectivity index (χ1n) is 13.5. The lowest BCUT2D eigenvalue weighted by molar-refractivity contribution is -0.286. The lowest BCUT2D eigenvalue weighted by Gasteiger charge is -2.45. The second-order valence-electron chi connectivity index (χ2n) is 10.5. The van der Waals surface area contributed by atoms with E-state index in [1.807, 2.05) is 6.92 Å². The van der Waals surface area contributed by atoms with Crippen LogP contribution in [-0.2, 0) is 61.8 Å². The quantitative estimate of drug-likeness (QED) is 0.223. The maximum absolute atomic E-state index is 12.1. The Bertz CT molecular complexity index is 943. The van der Waals surface area contributed by atoms with E-state index >= 15 is 0 Å². The van der Waals surface area contributed by atoms with Gasteiger partial charge in [0.05, 0.1) is 6.61 Å². The highest BCUT2D eigenvalue weighted by Crippen LogP contribution is 2.40. The number of aliphatic hydroxyl groups is 1. The number of ether oxygens (including phenoxy) is 9. The molecule has 3 aliphatic rings. The van der Waals surface area contributed by atoms with Crippen molar-refractivity contribution in [1.82, 2.24) is 5.32 Å². The molecule has 234 valence electrons. The van der Waals surface area contributed by atoms with E-state index in [1.54, 1.807) is 13.8 Å². The molecule has 3 aliphatic heterocycles. The third-order valence-corrected chi connectivity index (χ3v) is 6.42. The van der Waals surface area contributed by atoms with Gasteiger partial charge in [-0.15, -0.1) is 0 Å². The predicted molar refractivity (Wildman–Crippen MR) is 135 cm³/mol. The minimum atomic E-state index is -1.34. The summed E-state index contributed by atoms with van der Waals surface area (Å²) < 4.78 is 51.4. The summed E-state index contributed by atoms with van der Waals surface area (Å²) in [5, 5.41) is 13.7. The van der Waals surface area contributed by atoms with Gasteiger partial charge in [0.15, 0.2) is 30.6 Å². The van der Waals surface area contributed by atoms with Gasteiger partial charge in [0.2, 0.25) is 5.91 Å². The van der Waals surface area contributed by atoms with Crippen LogP contribution in [0.1, 0.15) is 54.9 Å². The van der Waals surface area contributed by atoms with Crippen LogP contribution in [0.3, 0.4) is 0 Å². The SMILES string of the molecule is CCCO[C@@H]1[C@H]2OC(C)(C)O[C@H]2O[C@@H]1[C@@H](O)CO[C@@H]1O[C@H](COC(C)=O)[C@@H](OC(C)=O)[C@H](OC(C)=O)[C@H]1NC(C)=O. The molecule has 0 aromatic rings. The topological polar surface area (TPSA) is 184 Å². The van der Waals surface area contributed by atoms with Gasteiger partial charge >= 0.3 is 17.9 Å². The Morgan fingerprint density at radius 2 is 1.56 bits per heavy atom. The molecule has 15 heteroatoms. The minimum absolute atomic E-state index is 0.382. The zero-order chi connectivity index (χ0) is 30.5. The van der Waals surface area contributed by atoms with Crippen molar-refractivity contribution in [2.75, 3.05) is 19.8 Å². The highest BCUT2D eigenvalue weighted by atomic mass is 16.8. The van der Waals surface area contributed by atoms with Crippen LogP contribution in [-0.4, -0.2) is 116 Å². The monoisotopic (exact) mass is 591 g/mol. The van der Waals surface area contributed by atoms with E-state index in [0.29, 0.717) is 6.61 Å². The highest BCUT2D eigenvalue weighted by Gasteiger charge is 2.57. The third kappa shape index (κ3) is 8.80. The largest absolute Gasteiger partial charge is 0.463 e. The molecule has 2 N–H and O–H groups in total. The van der Waals surface area contributed by atoms with Gasteiger partial charge < -0.3 is 53.1 Å². The average Bonchev–Trinajstić information content (AvgIpc) is 3.33. The smallest absolute Gasteiger partial charge is 0.303 e. The fraction of sp³-hybridized carbons (Fsp3) is 0.846. The molecular weight excluding hydrogens is 550 g/mol. The molecule has 0 bridgehead atoms. The van der Waals surface area contributed by atoms with Gasteiger partial charge in [-0.25, -0.2) is 0 Å². The minimum Gasteiger partial charge on any atom is -0.463 e. The number of hydrogen-bond donors (Lipinski definition) is 2. The maximum atomic E-state index is 12.1. The highest BCUT2D eigenvalue weighted by molar-refractivity contribution is 5.73. The summed E-state index contributed by atoms with van der Waals surface area (Å²) in [6.45, 7) is 9.75. The number of carbonyl (C=O) groups is 4. The van der Waals surface area contributed by atoms with Gasteiger partial charge in [0.1, 0.15) is 43.2 Å². The van der Waals surface area contributed by atoms with Crippen LogP contribution < -0.4 is 5.32 Å². The molecule has 0 saturated carbocycles. The van der Waals surface area contributed by atoms with Crippen LogP contribution in [0.2, 0.25) is 0 Å². The number of rotatable bonds is 12. The van der Waals surface area contributed by atoms with Crippen molar-refractivity contribution >= 4 is 23.8 Å². The zero-order valence-corrected chi connectivity index (χ0v) is 24.4. The Hall–Kier alpha value is -2.40. The standard InChI is InChI=1S/C26H41NO14/c1-8-9-33-22-19(39-25-23(22)40-26(6,7)41-25)16(32)10-35-24-18(27-12(2)28)21(37-15(5)31)20(36-14(4)30)17(38-24)11-34-13(3)29/h16-25,32H,8-11H2,1-7H3,(H,27,28)/t16-,17+,18+,19+,20+,21+,22-,23+,24+,25+/m0/s1. The first kappa shape index (κ1) is 33.1. The molecule has 0 aliphatic carbocycles. The van der Waals surface area contributed by atoms with Crippen LogP contribution in [0, 0.1) is 0 Å². The van der Waals surface area contributed by atoms with Gasteiger partial charge in [-0.2, -0.15) is 0 Å². The molecule has 0 radical (unpaired) electrons. The molecule has 10 atom stereocenters. The van der Waals surface area contributed by atoms with Crippen molar-refractivity contribution in [2.24, 2.45) is 0 Å². The van der Waals surface area contributed by atoms with E-state index in [1.165, 1.54) is 13.8 Å². The van der Waals surface area contributed by atoms with E-state index in [2.05, 4.69) is 5.32 Å². The van der Waals surface area contributed by atoms with Crippen molar-refractivity contribution < 1.29 is 66.9 Å². The summed E-state index contributed by atoms with van der Waals surface area (Å²) >= 11 is 0. The number of aliphatic hydroxyl groups excluding tert-OH is 1. The first-order valence-corrected chi connectivity index (χ1v) is 13.5. The van der Waals surface area contributed by atoms with Crippen LogP contribution in [0.4, 0.5) is 0 Å². The number of carbonyl (C=O) groups excluding carboxylic acids is 4. The van der Waals surface area contributed by atoms with Gasteiger partial charge in [0.25, 0.3) is 0 Å². The fourth-order valence-electron chi connectivity index (χ4n) is 4.98. The number of hydrogen-bond acceptors (Lipinski definition) is 14. The van der Waals surface area contributed by atoms with E-state index in [-0.39, 0.29) is 13.2 Å². The summed E-state index contributed by atoms with van der Waals surface area (Å²) in [7, 11) is 0. The summed E-state index contributed by atoms with van der Waals surface area (Å²) in [5.74, 6) is -3.51. The molecular formula is C26H41NO14. The van der Waals surface area contributed by atoms with Crippen molar-refractivity contribution in [3.8, 4) is 0 Å². The van der Waals surface area contributed by atoms with Crippen LogP contribution in [0.25, 0.3) is 0 Å². The van der Waals surface area contributed by atoms with Crippen LogP contribution >= 0.6 is 0 Å². The summed E-state index contributed by atoms with van der Waals surface area (Å²) in [6, 6.07) is -1.18. The zero-order valence-electron chi connectivity index (χ0n) is 24.4. The predicted octanol–water partition coefficient (Wildman–Crippen LogP) is -0.308. The number of fused-ring (bicyclic) bond motifs is 1. The number of esters is 3. The Morgan fingerprint density at radius 1 is 0.902 bits per heavy atom. The third-order valence-electron chi connectivity index (χ3n) is 6.42. The van der Waals surface area contributed by atoms with E-state index in [0.717, 1.165) is 20.3 Å². The van der Waals surface area contributed by atoms with Crippen molar-refractivity contribution in [1.29, 1.82) is 0 Å². The van der Waals surface area contributed by atoms with E-state index in [9.17, 15) is 24.3 Å². The molecule has 3 saturated heterocycles. The normalized spacial score (nSPS) is 34.8. The Balaban J connectivity index is 1.81. The molecule has 3 fully saturated rings. The number of amides is 1. The summed E-state index contributed by atoms with van der Waals surface area (Å²) in [4.78, 5) is 47.6. The van der Waals surface area contributed by atoms with Crippen LogP contribution in [0.15, 0.2) is 0 Å². The lowest BCUT2D eigenvalue weighted by Crippen LogP contribution is -2.66. The van der Waals surface area contributed by atoms with Crippen molar-refractivity contribution in [3.63, 3.8) is 0 Å². The summed E-state index contributed by atoms with van der Waals surface area (Å²) in [6.07, 6.45) is -8.51. The Morgan fingerprint density at radius 3 is 2.15 bits per heavy atom. The molecule has 3 rings (SSSR count). The van der Waals surface area contributed by atoms with E-state index in [4.69, 9.17) is 42.6 Å². The molecule has 41 heavy (non-hydrogen) atoms. The Kier molecular flexibility index (Phi) is 11.4. The molecule has 1 amide bonds. The lowest BCUT2D eigenvalue weighted by atomic mass is 9.96. The van der Waals surface area contributed by atoms with Gasteiger partial charge in [-0.1, -0.05) is 6.92 Å². The molecule has 0 spiro atoms. The van der Waals surface area contributed by atoms with Crippen molar-refractivity contribution in [2.45, 2.75) is 122 Å². The second-order valence-corrected chi connectivity index (χ2v) is 10.5. The van der Waals surface area contributed by atoms with E-state index < -0.39 is 91.0 Å².